The van der Waals surface area contributed by atoms with Gasteiger partial charge in [-0.2, -0.15) is 11.3 Å². The van der Waals surface area contributed by atoms with Crippen molar-refractivity contribution in [2.45, 2.75) is 19.4 Å². The summed E-state index contributed by atoms with van der Waals surface area (Å²) in [7, 11) is 0. The number of amides is 1. The van der Waals surface area contributed by atoms with Gasteiger partial charge in [-0.1, -0.05) is 0 Å². The predicted molar refractivity (Wildman–Crippen MR) is 92.1 cm³/mol. The van der Waals surface area contributed by atoms with Gasteiger partial charge in [0, 0.05) is 25.3 Å². The molecule has 1 aliphatic rings. The monoisotopic (exact) mass is 331 g/mol. The number of morpholine rings is 1. The molecule has 1 atom stereocenters. The van der Waals surface area contributed by atoms with Crippen molar-refractivity contribution < 1.29 is 9.53 Å². The minimum absolute atomic E-state index is 0.0265. The third-order valence-corrected chi connectivity index (χ3v) is 4.56. The molecule has 3 rings (SSSR count). The highest BCUT2D eigenvalue weighted by molar-refractivity contribution is 7.07. The van der Waals surface area contributed by atoms with Gasteiger partial charge in [-0.25, -0.2) is 4.98 Å². The summed E-state index contributed by atoms with van der Waals surface area (Å²) in [5.74, 6) is 0.824. The molecule has 2 aromatic heterocycles. The number of ether oxygens (including phenoxy) is 1. The summed E-state index contributed by atoms with van der Waals surface area (Å²) in [6.07, 6.45) is 2.61. The standard InChI is InChI=1S/C17H21N3O2S/c1-13(10-14-4-9-23-12-14)19-16-3-2-15(11-18-16)17(21)20-5-7-22-8-6-20/h2-4,9,11-13H,5-8,10H2,1H3,(H,18,19). The lowest BCUT2D eigenvalue weighted by molar-refractivity contribution is 0.0302. The number of carbonyl (C=O) groups excluding carboxylic acids is 1. The number of thiophene rings is 1. The molecule has 1 saturated heterocycles. The summed E-state index contributed by atoms with van der Waals surface area (Å²) in [5, 5.41) is 7.63. The van der Waals surface area contributed by atoms with Crippen molar-refractivity contribution in [3.05, 3.63) is 46.3 Å². The van der Waals surface area contributed by atoms with Crippen molar-refractivity contribution in [3.8, 4) is 0 Å². The minimum atomic E-state index is 0.0265. The average molecular weight is 331 g/mol. The number of aromatic nitrogens is 1. The second kappa shape index (κ2) is 7.57. The Balaban J connectivity index is 1.57. The Morgan fingerprint density at radius 1 is 1.39 bits per heavy atom. The van der Waals surface area contributed by atoms with E-state index in [2.05, 4.69) is 34.1 Å². The highest BCUT2D eigenvalue weighted by Crippen LogP contribution is 2.13. The van der Waals surface area contributed by atoms with E-state index in [0.717, 1.165) is 12.2 Å². The molecule has 0 aromatic carbocycles. The van der Waals surface area contributed by atoms with Crippen LogP contribution < -0.4 is 5.32 Å². The van der Waals surface area contributed by atoms with Crippen LogP contribution in [0.2, 0.25) is 0 Å². The number of nitrogens with one attached hydrogen (secondary N) is 1. The number of hydrogen-bond donors (Lipinski definition) is 1. The maximum atomic E-state index is 12.4. The van der Waals surface area contributed by atoms with Crippen molar-refractivity contribution in [3.63, 3.8) is 0 Å². The molecule has 1 unspecified atom stereocenters. The zero-order chi connectivity index (χ0) is 16.1. The zero-order valence-corrected chi connectivity index (χ0v) is 14.0. The van der Waals surface area contributed by atoms with E-state index in [4.69, 9.17) is 4.74 Å². The Labute approximate surface area is 140 Å². The summed E-state index contributed by atoms with van der Waals surface area (Å²) < 4.78 is 5.27. The zero-order valence-electron chi connectivity index (χ0n) is 13.2. The van der Waals surface area contributed by atoms with Crippen LogP contribution in [0.25, 0.3) is 0 Å². The van der Waals surface area contributed by atoms with E-state index in [1.54, 1.807) is 17.5 Å². The van der Waals surface area contributed by atoms with Gasteiger partial charge >= 0.3 is 0 Å². The largest absolute Gasteiger partial charge is 0.378 e. The second-order valence-electron chi connectivity index (χ2n) is 5.72. The first-order valence-corrected chi connectivity index (χ1v) is 8.77. The van der Waals surface area contributed by atoms with Gasteiger partial charge in [-0.15, -0.1) is 0 Å². The van der Waals surface area contributed by atoms with Gasteiger partial charge in [-0.05, 0) is 47.9 Å². The van der Waals surface area contributed by atoms with Crippen LogP contribution in [0.3, 0.4) is 0 Å². The Bertz CT molecular complexity index is 622. The van der Waals surface area contributed by atoms with Crippen LogP contribution in [-0.2, 0) is 11.2 Å². The topological polar surface area (TPSA) is 54.5 Å². The lowest BCUT2D eigenvalue weighted by atomic mass is 10.1. The number of anilines is 1. The molecule has 0 bridgehead atoms. The van der Waals surface area contributed by atoms with Crippen LogP contribution in [0.1, 0.15) is 22.8 Å². The number of carbonyl (C=O) groups is 1. The van der Waals surface area contributed by atoms with Gasteiger partial charge < -0.3 is 15.0 Å². The molecule has 0 radical (unpaired) electrons. The fraction of sp³-hybridized carbons (Fsp3) is 0.412. The molecule has 1 aliphatic heterocycles. The van der Waals surface area contributed by atoms with Crippen LogP contribution in [0, 0.1) is 0 Å². The van der Waals surface area contributed by atoms with Crippen molar-refractivity contribution in [2.24, 2.45) is 0 Å². The second-order valence-corrected chi connectivity index (χ2v) is 6.50. The van der Waals surface area contributed by atoms with Gasteiger partial charge in [0.25, 0.3) is 5.91 Å². The molecule has 2 aromatic rings. The number of rotatable bonds is 5. The molecule has 1 N–H and O–H groups in total. The molecular weight excluding hydrogens is 310 g/mol. The van der Waals surface area contributed by atoms with Crippen LogP contribution in [0.5, 0.6) is 0 Å². The molecule has 23 heavy (non-hydrogen) atoms. The Morgan fingerprint density at radius 3 is 2.87 bits per heavy atom. The molecule has 1 amide bonds. The molecule has 0 saturated carbocycles. The lowest BCUT2D eigenvalue weighted by Crippen LogP contribution is -2.40. The molecule has 5 nitrogen and oxygen atoms in total. The Morgan fingerprint density at radius 2 is 2.22 bits per heavy atom. The summed E-state index contributed by atoms with van der Waals surface area (Å²) in [6, 6.07) is 6.14. The number of hydrogen-bond acceptors (Lipinski definition) is 5. The quantitative estimate of drug-likeness (QED) is 0.915. The highest BCUT2D eigenvalue weighted by atomic mass is 32.1. The van der Waals surface area contributed by atoms with Crippen LogP contribution in [-0.4, -0.2) is 48.1 Å². The molecule has 6 heteroatoms. The summed E-state index contributed by atoms with van der Waals surface area (Å²) in [6.45, 7) is 4.65. The average Bonchev–Trinajstić information content (AvgIpc) is 3.08. The van der Waals surface area contributed by atoms with Gasteiger partial charge in [0.15, 0.2) is 0 Å². The van der Waals surface area contributed by atoms with Gasteiger partial charge in [0.1, 0.15) is 5.82 Å². The predicted octanol–water partition coefficient (Wildman–Crippen LogP) is 2.66. The molecule has 0 spiro atoms. The number of nitrogens with zero attached hydrogens (tertiary/aromatic N) is 2. The fourth-order valence-electron chi connectivity index (χ4n) is 2.62. The van der Waals surface area contributed by atoms with E-state index in [-0.39, 0.29) is 11.9 Å². The van der Waals surface area contributed by atoms with E-state index >= 15 is 0 Å². The smallest absolute Gasteiger partial charge is 0.255 e. The SMILES string of the molecule is CC(Cc1ccsc1)Nc1ccc(C(=O)N2CCOCC2)cn1. The lowest BCUT2D eigenvalue weighted by Gasteiger charge is -2.26. The Kier molecular flexibility index (Phi) is 5.25. The molecule has 0 aliphatic carbocycles. The van der Waals surface area contributed by atoms with Crippen molar-refractivity contribution >= 4 is 23.1 Å². The van der Waals surface area contributed by atoms with Crippen LogP contribution >= 0.6 is 11.3 Å². The van der Waals surface area contributed by atoms with E-state index in [0.29, 0.717) is 31.9 Å². The maximum absolute atomic E-state index is 12.4. The molecule has 122 valence electrons. The van der Waals surface area contributed by atoms with E-state index in [9.17, 15) is 4.79 Å². The van der Waals surface area contributed by atoms with E-state index < -0.39 is 0 Å². The first kappa shape index (κ1) is 16.0. The van der Waals surface area contributed by atoms with Gasteiger partial charge in [0.2, 0.25) is 0 Å². The summed E-state index contributed by atoms with van der Waals surface area (Å²) >= 11 is 1.71. The first-order chi connectivity index (χ1) is 11.2. The van der Waals surface area contributed by atoms with Crippen LogP contribution in [0.15, 0.2) is 35.2 Å². The third kappa shape index (κ3) is 4.30. The summed E-state index contributed by atoms with van der Waals surface area (Å²) in [4.78, 5) is 18.5. The van der Waals surface area contributed by atoms with Crippen molar-refractivity contribution in [2.75, 3.05) is 31.6 Å². The Hall–Kier alpha value is -1.92. The molecular formula is C17H21N3O2S. The summed E-state index contributed by atoms with van der Waals surface area (Å²) in [5.41, 5.74) is 1.96. The van der Waals surface area contributed by atoms with Gasteiger partial charge in [0.05, 0.1) is 18.8 Å². The van der Waals surface area contributed by atoms with E-state index in [1.807, 2.05) is 17.0 Å². The third-order valence-electron chi connectivity index (χ3n) is 3.83. The fourth-order valence-corrected chi connectivity index (χ4v) is 3.30. The number of pyridine rings is 1. The molecule has 3 heterocycles. The minimum Gasteiger partial charge on any atom is -0.378 e. The normalized spacial score (nSPS) is 16.1. The molecule has 1 fully saturated rings. The maximum Gasteiger partial charge on any atom is 0.255 e. The highest BCUT2D eigenvalue weighted by Gasteiger charge is 2.18. The van der Waals surface area contributed by atoms with Gasteiger partial charge in [-0.3, -0.25) is 4.79 Å². The van der Waals surface area contributed by atoms with Crippen LogP contribution in [0.4, 0.5) is 5.82 Å². The first-order valence-electron chi connectivity index (χ1n) is 7.83. The van der Waals surface area contributed by atoms with Crippen molar-refractivity contribution in [1.82, 2.24) is 9.88 Å². The van der Waals surface area contributed by atoms with E-state index in [1.165, 1.54) is 5.56 Å². The van der Waals surface area contributed by atoms with Crippen molar-refractivity contribution in [1.29, 1.82) is 0 Å².